The van der Waals surface area contributed by atoms with E-state index >= 15 is 0 Å². The van der Waals surface area contributed by atoms with Crippen molar-refractivity contribution in [3.8, 4) is 0 Å². The van der Waals surface area contributed by atoms with Gasteiger partial charge in [-0.25, -0.2) is 9.37 Å². The van der Waals surface area contributed by atoms with Gasteiger partial charge in [0.1, 0.15) is 11.6 Å². The Morgan fingerprint density at radius 1 is 1.29 bits per heavy atom. The lowest BCUT2D eigenvalue weighted by Crippen LogP contribution is -2.26. The third kappa shape index (κ3) is 3.70. The average Bonchev–Trinajstić information content (AvgIpc) is 2.92. The Labute approximate surface area is 126 Å². The largest absolute Gasteiger partial charge is 0.333 e. The standard InChI is InChI=1S/C17H24FN3/c1-4-8-19-16(14-6-7-15(18)13(3)12-14)17-20-9-11-21(17)10-5-2/h6-7,9,11-12,16,19H,4-5,8,10H2,1-3H3. The van der Waals surface area contributed by atoms with Gasteiger partial charge in [-0.05, 0) is 43.5 Å². The Balaban J connectivity index is 2.37. The molecule has 114 valence electrons. The van der Waals surface area contributed by atoms with Gasteiger partial charge in [0.05, 0.1) is 6.04 Å². The minimum absolute atomic E-state index is 0.00537. The highest BCUT2D eigenvalue weighted by atomic mass is 19.1. The molecule has 3 nitrogen and oxygen atoms in total. The second-order valence-corrected chi connectivity index (χ2v) is 5.37. The fourth-order valence-corrected chi connectivity index (χ4v) is 2.51. The first-order chi connectivity index (χ1) is 10.2. The SMILES string of the molecule is CCCNC(c1ccc(F)c(C)c1)c1nccn1CCC. The number of hydrogen-bond acceptors (Lipinski definition) is 2. The Morgan fingerprint density at radius 3 is 2.76 bits per heavy atom. The average molecular weight is 289 g/mol. The van der Waals surface area contributed by atoms with Crippen LogP contribution in [0, 0.1) is 12.7 Å². The van der Waals surface area contributed by atoms with Crippen molar-refractivity contribution in [1.29, 1.82) is 0 Å². The molecule has 2 aromatic rings. The fraction of sp³-hybridized carbons (Fsp3) is 0.471. The van der Waals surface area contributed by atoms with Crippen LogP contribution in [0.5, 0.6) is 0 Å². The summed E-state index contributed by atoms with van der Waals surface area (Å²) in [4.78, 5) is 4.52. The predicted octanol–water partition coefficient (Wildman–Crippen LogP) is 3.83. The predicted molar refractivity (Wildman–Crippen MR) is 83.8 cm³/mol. The lowest BCUT2D eigenvalue weighted by atomic mass is 10.0. The van der Waals surface area contributed by atoms with E-state index in [4.69, 9.17) is 0 Å². The monoisotopic (exact) mass is 289 g/mol. The highest BCUT2D eigenvalue weighted by Crippen LogP contribution is 2.23. The summed E-state index contributed by atoms with van der Waals surface area (Å²) in [6.45, 7) is 7.94. The highest BCUT2D eigenvalue weighted by Gasteiger charge is 2.19. The zero-order valence-electron chi connectivity index (χ0n) is 13.1. The molecule has 1 aromatic carbocycles. The zero-order valence-corrected chi connectivity index (χ0v) is 13.1. The van der Waals surface area contributed by atoms with Crippen LogP contribution in [0.2, 0.25) is 0 Å². The van der Waals surface area contributed by atoms with Gasteiger partial charge in [0.15, 0.2) is 0 Å². The molecule has 0 saturated heterocycles. The van der Waals surface area contributed by atoms with Gasteiger partial charge in [0.25, 0.3) is 0 Å². The van der Waals surface area contributed by atoms with Crippen LogP contribution in [-0.4, -0.2) is 16.1 Å². The summed E-state index contributed by atoms with van der Waals surface area (Å²) in [6.07, 6.45) is 5.95. The molecule has 0 amide bonds. The van der Waals surface area contributed by atoms with Crippen LogP contribution in [0.3, 0.4) is 0 Å². The van der Waals surface area contributed by atoms with E-state index in [9.17, 15) is 4.39 Å². The zero-order chi connectivity index (χ0) is 15.2. The molecule has 1 N–H and O–H groups in total. The van der Waals surface area contributed by atoms with E-state index in [2.05, 4.69) is 28.7 Å². The lowest BCUT2D eigenvalue weighted by Gasteiger charge is -2.20. The summed E-state index contributed by atoms with van der Waals surface area (Å²) >= 11 is 0. The summed E-state index contributed by atoms with van der Waals surface area (Å²) < 4.78 is 15.7. The van der Waals surface area contributed by atoms with Crippen LogP contribution in [0.4, 0.5) is 4.39 Å². The van der Waals surface area contributed by atoms with Gasteiger partial charge in [-0.3, -0.25) is 0 Å². The van der Waals surface area contributed by atoms with Crippen LogP contribution >= 0.6 is 0 Å². The highest BCUT2D eigenvalue weighted by molar-refractivity contribution is 5.30. The minimum atomic E-state index is -0.162. The third-order valence-electron chi connectivity index (χ3n) is 3.58. The molecule has 21 heavy (non-hydrogen) atoms. The Hall–Kier alpha value is -1.68. The lowest BCUT2D eigenvalue weighted by molar-refractivity contribution is 0.528. The number of imidazole rings is 1. The van der Waals surface area contributed by atoms with Gasteiger partial charge < -0.3 is 9.88 Å². The summed E-state index contributed by atoms with van der Waals surface area (Å²) in [5.41, 5.74) is 1.73. The van der Waals surface area contributed by atoms with E-state index in [1.165, 1.54) is 0 Å². The van der Waals surface area contributed by atoms with Crippen LogP contribution in [0.1, 0.15) is 49.7 Å². The number of aryl methyl sites for hydroxylation is 2. The van der Waals surface area contributed by atoms with Crippen molar-refractivity contribution >= 4 is 0 Å². The molecule has 0 saturated carbocycles. The molecule has 0 bridgehead atoms. The molecule has 0 aliphatic heterocycles. The fourth-order valence-electron chi connectivity index (χ4n) is 2.51. The quantitative estimate of drug-likeness (QED) is 0.839. The van der Waals surface area contributed by atoms with Gasteiger partial charge in [0, 0.05) is 18.9 Å². The molecule has 0 spiro atoms. The number of hydrogen-bond donors (Lipinski definition) is 1. The third-order valence-corrected chi connectivity index (χ3v) is 3.58. The molecule has 0 radical (unpaired) electrons. The second kappa shape index (κ2) is 7.36. The Kier molecular flexibility index (Phi) is 5.51. The van der Waals surface area contributed by atoms with Crippen molar-refractivity contribution in [3.63, 3.8) is 0 Å². The normalized spacial score (nSPS) is 12.6. The van der Waals surface area contributed by atoms with Crippen molar-refractivity contribution in [3.05, 3.63) is 53.4 Å². The number of benzene rings is 1. The molecular weight excluding hydrogens is 265 g/mol. The molecule has 1 unspecified atom stereocenters. The molecule has 0 fully saturated rings. The number of halogens is 1. The first-order valence-corrected chi connectivity index (χ1v) is 7.67. The molecule has 1 aromatic heterocycles. The summed E-state index contributed by atoms with van der Waals surface area (Å²) in [6, 6.07) is 5.30. The van der Waals surface area contributed by atoms with Crippen LogP contribution in [-0.2, 0) is 6.54 Å². The van der Waals surface area contributed by atoms with Gasteiger partial charge >= 0.3 is 0 Å². The van der Waals surface area contributed by atoms with E-state index in [0.29, 0.717) is 5.56 Å². The maximum absolute atomic E-state index is 13.5. The summed E-state index contributed by atoms with van der Waals surface area (Å²) in [5.74, 6) is 0.834. The molecule has 4 heteroatoms. The Bertz CT molecular complexity index is 577. The second-order valence-electron chi connectivity index (χ2n) is 5.37. The molecule has 0 aliphatic carbocycles. The topological polar surface area (TPSA) is 29.9 Å². The molecule has 0 aliphatic rings. The van der Waals surface area contributed by atoms with Crippen molar-refractivity contribution in [2.45, 2.75) is 46.2 Å². The maximum Gasteiger partial charge on any atom is 0.130 e. The van der Waals surface area contributed by atoms with Crippen molar-refractivity contribution in [2.24, 2.45) is 0 Å². The van der Waals surface area contributed by atoms with E-state index in [-0.39, 0.29) is 11.9 Å². The first kappa shape index (κ1) is 15.7. The number of nitrogens with one attached hydrogen (secondary N) is 1. The summed E-state index contributed by atoms with van der Waals surface area (Å²) in [7, 11) is 0. The van der Waals surface area contributed by atoms with Crippen molar-refractivity contribution in [1.82, 2.24) is 14.9 Å². The minimum Gasteiger partial charge on any atom is -0.333 e. The molecule has 2 rings (SSSR count). The van der Waals surface area contributed by atoms with Crippen LogP contribution in [0.15, 0.2) is 30.6 Å². The van der Waals surface area contributed by atoms with Gasteiger partial charge in [-0.2, -0.15) is 0 Å². The van der Waals surface area contributed by atoms with E-state index in [1.54, 1.807) is 13.0 Å². The van der Waals surface area contributed by atoms with Crippen molar-refractivity contribution in [2.75, 3.05) is 6.54 Å². The maximum atomic E-state index is 13.5. The molecule has 1 heterocycles. The van der Waals surface area contributed by atoms with Gasteiger partial charge in [-0.15, -0.1) is 0 Å². The van der Waals surface area contributed by atoms with Gasteiger partial charge in [0.2, 0.25) is 0 Å². The number of nitrogens with zero attached hydrogens (tertiary/aromatic N) is 2. The van der Waals surface area contributed by atoms with E-state index in [1.807, 2.05) is 24.5 Å². The smallest absolute Gasteiger partial charge is 0.130 e. The van der Waals surface area contributed by atoms with E-state index in [0.717, 1.165) is 37.3 Å². The Morgan fingerprint density at radius 2 is 2.10 bits per heavy atom. The molecule has 1 atom stereocenters. The summed E-state index contributed by atoms with van der Waals surface area (Å²) in [5, 5.41) is 3.53. The number of aromatic nitrogens is 2. The number of rotatable bonds is 7. The first-order valence-electron chi connectivity index (χ1n) is 7.67. The van der Waals surface area contributed by atoms with E-state index < -0.39 is 0 Å². The van der Waals surface area contributed by atoms with Crippen LogP contribution < -0.4 is 5.32 Å². The molecular formula is C17H24FN3. The van der Waals surface area contributed by atoms with Crippen molar-refractivity contribution < 1.29 is 4.39 Å². The van der Waals surface area contributed by atoms with Crippen LogP contribution in [0.25, 0.3) is 0 Å². The van der Waals surface area contributed by atoms with Gasteiger partial charge in [-0.1, -0.05) is 26.0 Å².